The first kappa shape index (κ1) is 12.2. The summed E-state index contributed by atoms with van der Waals surface area (Å²) in [6.07, 6.45) is 5.61. The summed E-state index contributed by atoms with van der Waals surface area (Å²) < 4.78 is 0. The quantitative estimate of drug-likeness (QED) is 0.804. The largest absolute Gasteiger partial charge is 0.323 e. The molecule has 2 aromatic rings. The average molecular weight is 271 g/mol. The summed E-state index contributed by atoms with van der Waals surface area (Å²) in [7, 11) is 0. The van der Waals surface area contributed by atoms with Gasteiger partial charge in [-0.25, -0.2) is 4.79 Å². The van der Waals surface area contributed by atoms with Crippen LogP contribution in [0.5, 0.6) is 0 Å². The van der Waals surface area contributed by atoms with E-state index in [0.717, 1.165) is 22.9 Å². The zero-order valence-corrected chi connectivity index (χ0v) is 11.8. The van der Waals surface area contributed by atoms with Gasteiger partial charge in [-0.05, 0) is 55.7 Å². The maximum Gasteiger partial charge on any atom is 0.323 e. The van der Waals surface area contributed by atoms with E-state index in [2.05, 4.69) is 34.3 Å². The molecule has 0 aliphatic heterocycles. The normalized spacial score (nSPS) is 30.1. The van der Waals surface area contributed by atoms with Crippen molar-refractivity contribution in [3.05, 3.63) is 34.2 Å². The van der Waals surface area contributed by atoms with Crippen LogP contribution in [0.25, 0.3) is 11.0 Å². The Balaban J connectivity index is 1.54. The Hall–Kier alpha value is -1.55. The van der Waals surface area contributed by atoms with Crippen LogP contribution in [0.4, 0.5) is 0 Å². The van der Waals surface area contributed by atoms with E-state index in [-0.39, 0.29) is 5.69 Å². The predicted molar refractivity (Wildman–Crippen MR) is 79.7 cm³/mol. The highest BCUT2D eigenvalue weighted by Crippen LogP contribution is 2.45. The van der Waals surface area contributed by atoms with Crippen LogP contribution in [0.2, 0.25) is 0 Å². The van der Waals surface area contributed by atoms with Crippen molar-refractivity contribution in [2.75, 3.05) is 0 Å². The molecule has 2 bridgehead atoms. The van der Waals surface area contributed by atoms with Gasteiger partial charge in [-0.1, -0.05) is 12.5 Å². The number of nitrogens with one attached hydrogen (secondary N) is 3. The summed E-state index contributed by atoms with van der Waals surface area (Å²) in [5.41, 5.74) is 2.89. The molecule has 4 rings (SSSR count). The van der Waals surface area contributed by atoms with E-state index in [1.807, 2.05) is 6.07 Å². The summed E-state index contributed by atoms with van der Waals surface area (Å²) in [5.74, 6) is 1.85. The topological polar surface area (TPSA) is 60.7 Å². The predicted octanol–water partition coefficient (Wildman–Crippen LogP) is 2.70. The first-order valence-corrected chi connectivity index (χ1v) is 7.67. The number of aromatic nitrogens is 2. The molecule has 106 valence electrons. The monoisotopic (exact) mass is 271 g/mol. The van der Waals surface area contributed by atoms with Crippen molar-refractivity contribution in [3.8, 4) is 0 Å². The van der Waals surface area contributed by atoms with Crippen LogP contribution >= 0.6 is 0 Å². The van der Waals surface area contributed by atoms with Crippen molar-refractivity contribution in [2.24, 2.45) is 11.8 Å². The SMILES string of the molecule is CC(NC1CC2CCC1C2)c1ccc2[nH]c(=O)[nH]c2c1. The number of fused-ring (bicyclic) bond motifs is 3. The first-order chi connectivity index (χ1) is 9.69. The first-order valence-electron chi connectivity index (χ1n) is 7.67. The van der Waals surface area contributed by atoms with Gasteiger partial charge in [0.2, 0.25) is 0 Å². The Labute approximate surface area is 118 Å². The van der Waals surface area contributed by atoms with Crippen LogP contribution in [0.3, 0.4) is 0 Å². The Morgan fingerprint density at radius 1 is 1.20 bits per heavy atom. The lowest BCUT2D eigenvalue weighted by atomic mass is 9.94. The Morgan fingerprint density at radius 3 is 2.80 bits per heavy atom. The summed E-state index contributed by atoms with van der Waals surface area (Å²) in [4.78, 5) is 16.9. The van der Waals surface area contributed by atoms with Gasteiger partial charge in [0, 0.05) is 12.1 Å². The van der Waals surface area contributed by atoms with Gasteiger partial charge in [0.1, 0.15) is 0 Å². The Bertz CT molecular complexity index is 686. The van der Waals surface area contributed by atoms with Gasteiger partial charge in [-0.15, -0.1) is 0 Å². The van der Waals surface area contributed by atoms with E-state index in [9.17, 15) is 4.79 Å². The fraction of sp³-hybridized carbons (Fsp3) is 0.562. The third-order valence-electron chi connectivity index (χ3n) is 5.24. The highest BCUT2D eigenvalue weighted by Gasteiger charge is 2.39. The zero-order chi connectivity index (χ0) is 13.7. The molecule has 2 saturated carbocycles. The highest BCUT2D eigenvalue weighted by molar-refractivity contribution is 5.75. The third kappa shape index (κ3) is 1.99. The molecule has 0 amide bonds. The molecule has 4 heteroatoms. The van der Waals surface area contributed by atoms with Crippen LogP contribution < -0.4 is 11.0 Å². The molecule has 2 aliphatic carbocycles. The van der Waals surface area contributed by atoms with Crippen LogP contribution in [0.1, 0.15) is 44.2 Å². The molecule has 1 aromatic heterocycles. The molecule has 4 nitrogen and oxygen atoms in total. The molecule has 4 atom stereocenters. The summed E-state index contributed by atoms with van der Waals surface area (Å²) >= 11 is 0. The van der Waals surface area contributed by atoms with E-state index in [4.69, 9.17) is 0 Å². The lowest BCUT2D eigenvalue weighted by Gasteiger charge is -2.27. The molecule has 0 spiro atoms. The average Bonchev–Trinajstić information content (AvgIpc) is 3.10. The standard InChI is InChI=1S/C16H21N3O/c1-9(17-14-7-10-2-3-12(14)6-10)11-4-5-13-15(8-11)19-16(20)18-13/h4-5,8-10,12,14,17H,2-3,6-7H2,1H3,(H2,18,19,20). The number of rotatable bonds is 3. The van der Waals surface area contributed by atoms with E-state index in [1.54, 1.807) is 0 Å². The summed E-state index contributed by atoms with van der Waals surface area (Å²) in [6.45, 7) is 2.22. The molecule has 1 aromatic carbocycles. The van der Waals surface area contributed by atoms with Crippen molar-refractivity contribution in [1.82, 2.24) is 15.3 Å². The summed E-state index contributed by atoms with van der Waals surface area (Å²) in [6, 6.07) is 7.20. The maximum absolute atomic E-state index is 11.3. The molecular formula is C16H21N3O. The van der Waals surface area contributed by atoms with E-state index in [0.29, 0.717) is 12.1 Å². The Kier molecular flexibility index (Phi) is 2.74. The van der Waals surface area contributed by atoms with E-state index in [1.165, 1.54) is 31.2 Å². The number of hydrogen-bond donors (Lipinski definition) is 3. The lowest BCUT2D eigenvalue weighted by Crippen LogP contribution is -2.35. The second-order valence-corrected chi connectivity index (χ2v) is 6.55. The molecular weight excluding hydrogens is 250 g/mol. The van der Waals surface area contributed by atoms with Gasteiger partial charge in [0.05, 0.1) is 11.0 Å². The number of benzene rings is 1. The van der Waals surface area contributed by atoms with E-state index >= 15 is 0 Å². The molecule has 2 fully saturated rings. The second kappa shape index (κ2) is 4.48. The minimum absolute atomic E-state index is 0.133. The van der Waals surface area contributed by atoms with Gasteiger partial charge in [-0.2, -0.15) is 0 Å². The van der Waals surface area contributed by atoms with Crippen molar-refractivity contribution in [2.45, 2.75) is 44.7 Å². The van der Waals surface area contributed by atoms with Crippen LogP contribution in [-0.2, 0) is 0 Å². The van der Waals surface area contributed by atoms with Crippen molar-refractivity contribution in [3.63, 3.8) is 0 Å². The number of hydrogen-bond acceptors (Lipinski definition) is 2. The zero-order valence-electron chi connectivity index (χ0n) is 11.8. The van der Waals surface area contributed by atoms with Crippen LogP contribution in [-0.4, -0.2) is 16.0 Å². The molecule has 20 heavy (non-hydrogen) atoms. The number of H-pyrrole nitrogens is 2. The third-order valence-corrected chi connectivity index (χ3v) is 5.24. The van der Waals surface area contributed by atoms with Gasteiger partial charge >= 0.3 is 5.69 Å². The van der Waals surface area contributed by atoms with Gasteiger partial charge in [-0.3, -0.25) is 0 Å². The molecule has 3 N–H and O–H groups in total. The fourth-order valence-electron chi connectivity index (χ4n) is 4.19. The van der Waals surface area contributed by atoms with Crippen LogP contribution in [0, 0.1) is 11.8 Å². The molecule has 0 saturated heterocycles. The Morgan fingerprint density at radius 2 is 2.05 bits per heavy atom. The number of imidazole rings is 1. The molecule has 0 radical (unpaired) electrons. The van der Waals surface area contributed by atoms with E-state index < -0.39 is 0 Å². The fourth-order valence-corrected chi connectivity index (χ4v) is 4.19. The van der Waals surface area contributed by atoms with Crippen molar-refractivity contribution >= 4 is 11.0 Å². The minimum Gasteiger partial charge on any atom is -0.307 e. The van der Waals surface area contributed by atoms with Gasteiger partial charge in [0.15, 0.2) is 0 Å². The summed E-state index contributed by atoms with van der Waals surface area (Å²) in [5, 5.41) is 3.80. The molecule has 4 unspecified atom stereocenters. The minimum atomic E-state index is -0.133. The number of aromatic amines is 2. The molecule has 1 heterocycles. The molecule has 2 aliphatic rings. The lowest BCUT2D eigenvalue weighted by molar-refractivity contribution is 0.327. The van der Waals surface area contributed by atoms with Gasteiger partial charge < -0.3 is 15.3 Å². The maximum atomic E-state index is 11.3. The van der Waals surface area contributed by atoms with Crippen LogP contribution in [0.15, 0.2) is 23.0 Å². The second-order valence-electron chi connectivity index (χ2n) is 6.55. The van der Waals surface area contributed by atoms with Gasteiger partial charge in [0.25, 0.3) is 0 Å². The highest BCUT2D eigenvalue weighted by atomic mass is 16.1. The van der Waals surface area contributed by atoms with Crippen molar-refractivity contribution < 1.29 is 0 Å². The smallest absolute Gasteiger partial charge is 0.307 e. The van der Waals surface area contributed by atoms with Crippen molar-refractivity contribution in [1.29, 1.82) is 0 Å².